The lowest BCUT2D eigenvalue weighted by molar-refractivity contribution is 0.550. The number of benzene rings is 9. The fraction of sp³-hybridized carbons (Fsp3) is 0.0909. The van der Waals surface area contributed by atoms with Crippen molar-refractivity contribution in [1.82, 2.24) is 0 Å². The van der Waals surface area contributed by atoms with Crippen molar-refractivity contribution in [3.05, 3.63) is 211 Å². The molecule has 0 aromatic heterocycles. The lowest BCUT2D eigenvalue weighted by Gasteiger charge is -2.31. The second-order valence-electron chi connectivity index (χ2n) is 15.6. The molecule has 1 heteroatoms. The molecule has 9 aromatic rings. The van der Waals surface area contributed by atoms with Crippen LogP contribution in [0.4, 0.5) is 17.1 Å². The Morgan fingerprint density at radius 1 is 0.339 bits per heavy atom. The molecule has 266 valence electrons. The predicted molar refractivity (Wildman–Crippen MR) is 237 cm³/mol. The van der Waals surface area contributed by atoms with Crippen molar-refractivity contribution in [3.8, 4) is 44.5 Å². The highest BCUT2D eigenvalue weighted by atomic mass is 15.1. The Hall–Kier alpha value is -6.70. The molecule has 11 rings (SSSR count). The maximum Gasteiger partial charge on any atom is 0.0540 e. The standard InChI is InChI=1S/C55H41N/c1-2-16-38(17-3-1)44-20-6-7-21-46(44)47-22-8-9-23-48(47)51-25-11-13-27-54(51)56(41-30-32-45-40(36-41)29-28-39-18-4-5-19-43(39)45)42-31-33-50-49-24-10-12-26-52(49)55(53(50)37-42)34-14-15-35-55/h1-13,16-33,36-37H,14-15,34-35H2. The highest BCUT2D eigenvalue weighted by Crippen LogP contribution is 2.58. The van der Waals surface area contributed by atoms with Crippen LogP contribution in [0.1, 0.15) is 36.8 Å². The van der Waals surface area contributed by atoms with Gasteiger partial charge in [0.15, 0.2) is 0 Å². The van der Waals surface area contributed by atoms with Crippen molar-refractivity contribution >= 4 is 38.6 Å². The zero-order valence-corrected chi connectivity index (χ0v) is 31.3. The molecule has 2 aliphatic carbocycles. The summed E-state index contributed by atoms with van der Waals surface area (Å²) in [6.07, 6.45) is 4.94. The number of hydrogen-bond donors (Lipinski definition) is 0. The molecular formula is C55H41N. The summed E-state index contributed by atoms with van der Waals surface area (Å²) in [5.41, 5.74) is 16.7. The van der Waals surface area contributed by atoms with Gasteiger partial charge in [-0.2, -0.15) is 0 Å². The van der Waals surface area contributed by atoms with E-state index < -0.39 is 0 Å². The number of nitrogens with zero attached hydrogens (tertiary/aromatic N) is 1. The summed E-state index contributed by atoms with van der Waals surface area (Å²) >= 11 is 0. The third-order valence-electron chi connectivity index (χ3n) is 12.6. The Kier molecular flexibility index (Phi) is 7.74. The molecule has 9 aromatic carbocycles. The monoisotopic (exact) mass is 715 g/mol. The normalized spacial score (nSPS) is 13.9. The molecule has 0 N–H and O–H groups in total. The highest BCUT2D eigenvalue weighted by molar-refractivity contribution is 6.09. The smallest absolute Gasteiger partial charge is 0.0540 e. The Bertz CT molecular complexity index is 2930. The van der Waals surface area contributed by atoms with Crippen molar-refractivity contribution in [1.29, 1.82) is 0 Å². The van der Waals surface area contributed by atoms with E-state index in [9.17, 15) is 0 Å². The van der Waals surface area contributed by atoms with Crippen molar-refractivity contribution in [2.75, 3.05) is 4.90 Å². The minimum Gasteiger partial charge on any atom is -0.310 e. The predicted octanol–water partition coefficient (Wildman–Crippen LogP) is 15.3. The molecule has 0 amide bonds. The third kappa shape index (κ3) is 5.15. The lowest BCUT2D eigenvalue weighted by Crippen LogP contribution is -2.21. The van der Waals surface area contributed by atoms with E-state index in [0.717, 1.165) is 11.4 Å². The van der Waals surface area contributed by atoms with E-state index in [0.29, 0.717) is 0 Å². The minimum atomic E-state index is 0.0726. The van der Waals surface area contributed by atoms with Crippen LogP contribution < -0.4 is 4.90 Å². The molecule has 1 saturated carbocycles. The molecule has 0 heterocycles. The van der Waals surface area contributed by atoms with Gasteiger partial charge in [0.25, 0.3) is 0 Å². The fourth-order valence-corrected chi connectivity index (χ4v) is 10.1. The third-order valence-corrected chi connectivity index (χ3v) is 12.6. The molecule has 0 saturated heterocycles. The van der Waals surface area contributed by atoms with Crippen molar-refractivity contribution in [2.24, 2.45) is 0 Å². The largest absolute Gasteiger partial charge is 0.310 e. The molecule has 0 atom stereocenters. The van der Waals surface area contributed by atoms with Crippen LogP contribution in [0.25, 0.3) is 66.1 Å². The quantitative estimate of drug-likeness (QED) is 0.155. The molecule has 2 aliphatic rings. The second kappa shape index (κ2) is 13.3. The van der Waals surface area contributed by atoms with Crippen LogP contribution in [0, 0.1) is 0 Å². The summed E-state index contributed by atoms with van der Waals surface area (Å²) in [6, 6.07) is 74.4. The molecule has 1 spiro atoms. The summed E-state index contributed by atoms with van der Waals surface area (Å²) < 4.78 is 0. The van der Waals surface area contributed by atoms with Crippen molar-refractivity contribution in [3.63, 3.8) is 0 Å². The molecule has 0 radical (unpaired) electrons. The first-order valence-electron chi connectivity index (χ1n) is 20.1. The molecule has 1 nitrogen and oxygen atoms in total. The van der Waals surface area contributed by atoms with Gasteiger partial charge in [-0.3, -0.25) is 0 Å². The van der Waals surface area contributed by atoms with Gasteiger partial charge in [0.2, 0.25) is 0 Å². The van der Waals surface area contributed by atoms with Crippen LogP contribution in [-0.2, 0) is 5.41 Å². The fourth-order valence-electron chi connectivity index (χ4n) is 10.1. The van der Waals surface area contributed by atoms with Gasteiger partial charge in [-0.15, -0.1) is 0 Å². The second-order valence-corrected chi connectivity index (χ2v) is 15.6. The average molecular weight is 716 g/mol. The van der Waals surface area contributed by atoms with E-state index in [4.69, 9.17) is 0 Å². The number of fused-ring (bicyclic) bond motifs is 8. The van der Waals surface area contributed by atoms with E-state index in [1.807, 2.05) is 0 Å². The summed E-state index contributed by atoms with van der Waals surface area (Å²) in [4.78, 5) is 2.52. The van der Waals surface area contributed by atoms with Gasteiger partial charge < -0.3 is 4.90 Å². The van der Waals surface area contributed by atoms with E-state index in [1.165, 1.54) is 109 Å². The lowest BCUT2D eigenvalue weighted by atomic mass is 9.76. The molecular weight excluding hydrogens is 675 g/mol. The number of hydrogen-bond acceptors (Lipinski definition) is 1. The first kappa shape index (κ1) is 32.7. The maximum absolute atomic E-state index is 2.54. The van der Waals surface area contributed by atoms with Crippen LogP contribution in [0.5, 0.6) is 0 Å². The van der Waals surface area contributed by atoms with Crippen LogP contribution in [0.2, 0.25) is 0 Å². The minimum absolute atomic E-state index is 0.0726. The summed E-state index contributed by atoms with van der Waals surface area (Å²) in [5, 5.41) is 5.06. The van der Waals surface area contributed by atoms with Crippen LogP contribution in [0.3, 0.4) is 0 Å². The van der Waals surface area contributed by atoms with Gasteiger partial charge in [0.1, 0.15) is 0 Å². The topological polar surface area (TPSA) is 3.24 Å². The number of rotatable bonds is 6. The number of para-hydroxylation sites is 1. The SMILES string of the molecule is c1ccc(-c2ccccc2-c2ccccc2-c2ccccc2N(c2ccc3c(c2)C2(CCCC2)c2ccccc2-3)c2ccc3c(ccc4ccccc43)c2)cc1. The average Bonchev–Trinajstić information content (AvgIpc) is 3.88. The van der Waals surface area contributed by atoms with Crippen molar-refractivity contribution < 1.29 is 0 Å². The Morgan fingerprint density at radius 3 is 1.68 bits per heavy atom. The molecule has 1 fully saturated rings. The summed E-state index contributed by atoms with van der Waals surface area (Å²) in [7, 11) is 0. The Balaban J connectivity index is 1.14. The van der Waals surface area contributed by atoms with Crippen LogP contribution >= 0.6 is 0 Å². The van der Waals surface area contributed by atoms with Gasteiger partial charge in [-0.1, -0.05) is 183 Å². The zero-order valence-electron chi connectivity index (χ0n) is 31.3. The van der Waals surface area contributed by atoms with Gasteiger partial charge in [-0.05, 0) is 115 Å². The number of anilines is 3. The molecule has 0 aliphatic heterocycles. The first-order chi connectivity index (χ1) is 27.8. The molecule has 0 unspecified atom stereocenters. The summed E-state index contributed by atoms with van der Waals surface area (Å²) in [5.74, 6) is 0. The molecule has 0 bridgehead atoms. The first-order valence-corrected chi connectivity index (χ1v) is 20.1. The van der Waals surface area contributed by atoms with Crippen molar-refractivity contribution in [2.45, 2.75) is 31.1 Å². The van der Waals surface area contributed by atoms with Crippen LogP contribution in [-0.4, -0.2) is 0 Å². The zero-order chi connectivity index (χ0) is 37.1. The summed E-state index contributed by atoms with van der Waals surface area (Å²) in [6.45, 7) is 0. The maximum atomic E-state index is 2.54. The van der Waals surface area contributed by atoms with E-state index in [1.54, 1.807) is 0 Å². The van der Waals surface area contributed by atoms with Gasteiger partial charge in [0.05, 0.1) is 5.69 Å². The van der Waals surface area contributed by atoms with Crippen LogP contribution in [0.15, 0.2) is 200 Å². The van der Waals surface area contributed by atoms with Gasteiger partial charge >= 0.3 is 0 Å². The highest BCUT2D eigenvalue weighted by Gasteiger charge is 2.45. The van der Waals surface area contributed by atoms with Gasteiger partial charge in [-0.25, -0.2) is 0 Å². The van der Waals surface area contributed by atoms with E-state index in [-0.39, 0.29) is 5.41 Å². The van der Waals surface area contributed by atoms with Gasteiger partial charge in [0, 0.05) is 22.4 Å². The Morgan fingerprint density at radius 2 is 0.875 bits per heavy atom. The van der Waals surface area contributed by atoms with E-state index in [2.05, 4.69) is 205 Å². The molecule has 56 heavy (non-hydrogen) atoms. The van der Waals surface area contributed by atoms with E-state index >= 15 is 0 Å². The Labute approximate surface area is 329 Å².